The van der Waals surface area contributed by atoms with Crippen LogP contribution < -0.4 is 30.7 Å². The van der Waals surface area contributed by atoms with Gasteiger partial charge in [0.05, 0.1) is 25.2 Å². The van der Waals surface area contributed by atoms with E-state index in [1.54, 1.807) is 48.5 Å². The van der Waals surface area contributed by atoms with Gasteiger partial charge in [-0.05, 0) is 63.6 Å². The van der Waals surface area contributed by atoms with Gasteiger partial charge in [-0.25, -0.2) is 14.5 Å². The van der Waals surface area contributed by atoms with Crippen molar-refractivity contribution < 1.29 is 33.4 Å². The summed E-state index contributed by atoms with van der Waals surface area (Å²) in [6.45, 7) is 12.8. The normalized spacial score (nSPS) is 18.5. The minimum atomic E-state index is -1.08. The lowest BCUT2D eigenvalue weighted by atomic mass is 9.85. The molecule has 5 amide bonds. The van der Waals surface area contributed by atoms with Crippen molar-refractivity contribution in [1.29, 1.82) is 0 Å². The number of benzene rings is 1. The molecule has 3 aromatic rings. The highest BCUT2D eigenvalue weighted by Gasteiger charge is 2.47. The van der Waals surface area contributed by atoms with Crippen LogP contribution in [-0.2, 0) is 19.2 Å². The van der Waals surface area contributed by atoms with Crippen LogP contribution in [0, 0.1) is 5.41 Å². The van der Waals surface area contributed by atoms with Crippen molar-refractivity contribution >= 4 is 40.4 Å². The molecule has 15 nitrogen and oxygen atoms in total. The molecule has 15 heteroatoms. The topological polar surface area (TPSA) is 186 Å². The number of carbonyl (C=O) groups is 5. The fourth-order valence-corrected chi connectivity index (χ4v) is 6.25. The van der Waals surface area contributed by atoms with Gasteiger partial charge in [0.15, 0.2) is 5.82 Å². The summed E-state index contributed by atoms with van der Waals surface area (Å²) >= 11 is 0. The number of urea groups is 1. The molecule has 1 aliphatic heterocycles. The van der Waals surface area contributed by atoms with Gasteiger partial charge in [-0.3, -0.25) is 19.2 Å². The number of amides is 5. The zero-order valence-corrected chi connectivity index (χ0v) is 31.8. The summed E-state index contributed by atoms with van der Waals surface area (Å²) in [5, 5.41) is 16.2. The fraction of sp³-hybridized carbons (Fsp3) is 0.553. The molecular formula is C38H52N8O7. The van der Waals surface area contributed by atoms with E-state index in [2.05, 4.69) is 26.4 Å². The van der Waals surface area contributed by atoms with Gasteiger partial charge >= 0.3 is 6.03 Å². The van der Waals surface area contributed by atoms with E-state index >= 15 is 0 Å². The van der Waals surface area contributed by atoms with E-state index in [0.29, 0.717) is 34.6 Å². The minimum absolute atomic E-state index is 0.00228. The maximum absolute atomic E-state index is 14.6. The van der Waals surface area contributed by atoms with E-state index in [9.17, 15) is 24.0 Å². The van der Waals surface area contributed by atoms with Crippen molar-refractivity contribution in [2.24, 2.45) is 5.41 Å². The minimum Gasteiger partial charge on any atom is -0.497 e. The molecule has 0 bridgehead atoms. The van der Waals surface area contributed by atoms with Gasteiger partial charge in [-0.1, -0.05) is 34.1 Å². The predicted molar refractivity (Wildman–Crippen MR) is 198 cm³/mol. The number of fused-ring (bicyclic) bond motifs is 1. The highest BCUT2D eigenvalue weighted by atomic mass is 16.5. The number of rotatable bonds is 13. The third-order valence-corrected chi connectivity index (χ3v) is 9.07. The lowest BCUT2D eigenvalue weighted by molar-refractivity contribution is -0.144. The number of methoxy groups -OCH3 is 1. The first-order valence-electron chi connectivity index (χ1n) is 18.2. The van der Waals surface area contributed by atoms with Crippen LogP contribution >= 0.6 is 0 Å². The molecule has 53 heavy (non-hydrogen) atoms. The molecule has 0 radical (unpaired) electrons. The zero-order chi connectivity index (χ0) is 38.7. The first-order chi connectivity index (χ1) is 25.0. The van der Waals surface area contributed by atoms with Gasteiger partial charge in [0, 0.05) is 47.9 Å². The molecule has 1 aliphatic carbocycles. The van der Waals surface area contributed by atoms with Crippen LogP contribution in [0.3, 0.4) is 0 Å². The Hall–Kier alpha value is -5.21. The quantitative estimate of drug-likeness (QED) is 0.191. The van der Waals surface area contributed by atoms with Crippen molar-refractivity contribution in [3.8, 4) is 17.3 Å². The molecule has 0 spiro atoms. The van der Waals surface area contributed by atoms with Gasteiger partial charge in [0.2, 0.25) is 17.6 Å². The summed E-state index contributed by atoms with van der Waals surface area (Å²) in [6, 6.07) is 5.17. The summed E-state index contributed by atoms with van der Waals surface area (Å²) in [7, 11) is 1.57. The molecule has 2 aliphatic rings. The fourth-order valence-electron chi connectivity index (χ4n) is 6.25. The number of aromatic nitrogens is 3. The Morgan fingerprint density at radius 1 is 1.02 bits per heavy atom. The van der Waals surface area contributed by atoms with E-state index in [4.69, 9.17) is 14.5 Å². The maximum Gasteiger partial charge on any atom is 0.315 e. The van der Waals surface area contributed by atoms with Crippen LogP contribution in [0.1, 0.15) is 80.6 Å². The van der Waals surface area contributed by atoms with Gasteiger partial charge < -0.3 is 35.6 Å². The second-order valence-corrected chi connectivity index (χ2v) is 15.9. The molecule has 2 fully saturated rings. The standard InChI is InChI=1S/C38H52N8O7/c1-9-11-26(31(47)34(49)40-22-12-13-22)42-33(48)28-19-24(21-45(28)35(50)32(37(2,3)4)43-36(51)44-38(5,6)7)53-29-20-30(46-17-10-16-39-46)41-27-18-23(52-8)14-15-25(27)29/h10,14-18,20,22,24,26,28,32H,9,11-13,19,21H2,1-8H3,(H,40,49)(H,42,48)(H2,43,44,51)/t24-,26?,28?,32-/m1/s1. The first kappa shape index (κ1) is 39.0. The summed E-state index contributed by atoms with van der Waals surface area (Å²) < 4.78 is 13.7. The molecule has 1 saturated carbocycles. The Bertz CT molecular complexity index is 1830. The molecule has 5 rings (SSSR count). The number of Topliss-reactive ketones (excluding diaryl/α,β-unsaturated/α-hetero) is 1. The molecule has 2 aromatic heterocycles. The second kappa shape index (κ2) is 15.8. The van der Waals surface area contributed by atoms with Crippen LogP contribution in [0.5, 0.6) is 11.5 Å². The average Bonchev–Trinajstić information content (AvgIpc) is 3.53. The number of ether oxygens (including phenoxy) is 2. The Kier molecular flexibility index (Phi) is 11.6. The molecule has 1 aromatic carbocycles. The predicted octanol–water partition coefficient (Wildman–Crippen LogP) is 3.42. The summed E-state index contributed by atoms with van der Waals surface area (Å²) in [5.74, 6) is -1.01. The average molecular weight is 733 g/mol. The van der Waals surface area contributed by atoms with Crippen molar-refractivity contribution in [2.45, 2.75) is 116 Å². The first-order valence-corrected chi connectivity index (χ1v) is 18.2. The van der Waals surface area contributed by atoms with Crippen molar-refractivity contribution in [2.75, 3.05) is 13.7 Å². The zero-order valence-electron chi connectivity index (χ0n) is 31.8. The van der Waals surface area contributed by atoms with Crippen LogP contribution in [0.15, 0.2) is 42.7 Å². The van der Waals surface area contributed by atoms with Crippen molar-refractivity contribution in [3.63, 3.8) is 0 Å². The molecule has 286 valence electrons. The number of hydrogen-bond donors (Lipinski definition) is 4. The Morgan fingerprint density at radius 2 is 1.75 bits per heavy atom. The van der Waals surface area contributed by atoms with Gasteiger partial charge in [0.25, 0.3) is 5.91 Å². The monoisotopic (exact) mass is 732 g/mol. The third-order valence-electron chi connectivity index (χ3n) is 9.07. The van der Waals surface area contributed by atoms with Crippen LogP contribution in [-0.4, -0.2) is 98.7 Å². The summed E-state index contributed by atoms with van der Waals surface area (Å²) in [4.78, 5) is 74.0. The number of nitrogens with zero attached hydrogens (tertiary/aromatic N) is 4. The maximum atomic E-state index is 14.6. The molecule has 3 heterocycles. The Labute approximate surface area is 309 Å². The summed E-state index contributed by atoms with van der Waals surface area (Å²) in [6.07, 6.45) is 5.17. The van der Waals surface area contributed by atoms with Gasteiger partial charge in [0.1, 0.15) is 29.7 Å². The van der Waals surface area contributed by atoms with Crippen molar-refractivity contribution in [1.82, 2.24) is 40.9 Å². The molecular weight excluding hydrogens is 680 g/mol. The van der Waals surface area contributed by atoms with Crippen molar-refractivity contribution in [3.05, 3.63) is 42.7 Å². The highest BCUT2D eigenvalue weighted by Crippen LogP contribution is 2.34. The molecule has 4 N–H and O–H groups in total. The number of ketones is 1. The van der Waals surface area contributed by atoms with E-state index in [-0.39, 0.29) is 25.4 Å². The smallest absolute Gasteiger partial charge is 0.315 e. The number of pyridine rings is 1. The largest absolute Gasteiger partial charge is 0.497 e. The lowest BCUT2D eigenvalue weighted by Crippen LogP contribution is -2.61. The Morgan fingerprint density at radius 3 is 2.36 bits per heavy atom. The van der Waals surface area contributed by atoms with E-state index in [1.807, 2.05) is 54.5 Å². The second-order valence-electron chi connectivity index (χ2n) is 15.9. The van der Waals surface area contributed by atoms with Gasteiger partial charge in [-0.2, -0.15) is 5.10 Å². The number of hydrogen-bond acceptors (Lipinski definition) is 9. The molecule has 2 unspecified atom stereocenters. The molecule has 4 atom stereocenters. The van der Waals surface area contributed by atoms with Crippen LogP contribution in [0.2, 0.25) is 0 Å². The number of likely N-dealkylation sites (tertiary alicyclic amines) is 1. The molecule has 1 saturated heterocycles. The van der Waals surface area contributed by atoms with E-state index in [1.165, 1.54) is 4.90 Å². The lowest BCUT2D eigenvalue weighted by Gasteiger charge is -2.36. The summed E-state index contributed by atoms with van der Waals surface area (Å²) in [5.41, 5.74) is -0.740. The number of carbonyl (C=O) groups excluding carboxylic acids is 5. The number of nitrogens with one attached hydrogen (secondary N) is 4. The third kappa shape index (κ3) is 9.82. The Balaban J connectivity index is 1.48. The van der Waals surface area contributed by atoms with E-state index < -0.39 is 64.7 Å². The van der Waals surface area contributed by atoms with Crippen LogP contribution in [0.4, 0.5) is 4.79 Å². The SMILES string of the molecule is CCCC(NC(=O)C1C[C@@H](Oc2cc(-n3cccn3)nc3cc(OC)ccc23)CN1C(=O)[C@@H](NC(=O)NC(C)(C)C)C(C)(C)C)C(=O)C(=O)NC1CC1. The van der Waals surface area contributed by atoms with Crippen LogP contribution in [0.25, 0.3) is 16.7 Å². The highest BCUT2D eigenvalue weighted by molar-refractivity contribution is 6.38. The van der Waals surface area contributed by atoms with Gasteiger partial charge in [-0.15, -0.1) is 0 Å². The van der Waals surface area contributed by atoms with E-state index in [0.717, 1.165) is 12.8 Å².